The molecule has 0 spiro atoms. The average Bonchev–Trinajstić information content (AvgIpc) is 1.93. The maximum atomic E-state index is 9.08. The van der Waals surface area contributed by atoms with Crippen molar-refractivity contribution < 1.29 is 5.11 Å². The second-order valence-electron chi connectivity index (χ2n) is 3.04. The third-order valence-corrected chi connectivity index (χ3v) is 1.65. The highest BCUT2D eigenvalue weighted by atomic mass is 16.3. The Bertz CT molecular complexity index is 211. The fraction of sp³-hybridized carbons (Fsp3) is 0.400. The van der Waals surface area contributed by atoms with Crippen molar-refractivity contribution in [3.05, 3.63) is 35.4 Å². The van der Waals surface area contributed by atoms with Gasteiger partial charge in [-0.3, -0.25) is 0 Å². The van der Waals surface area contributed by atoms with E-state index in [0.29, 0.717) is 0 Å². The zero-order valence-corrected chi connectivity index (χ0v) is 7.04. The van der Waals surface area contributed by atoms with Crippen LogP contribution in [0.3, 0.4) is 0 Å². The van der Waals surface area contributed by atoms with Crippen LogP contribution in [0, 0.1) is 6.92 Å². The van der Waals surface area contributed by atoms with Crippen LogP contribution in [0.4, 0.5) is 0 Å². The fourth-order valence-corrected chi connectivity index (χ4v) is 1.07. The molecule has 1 atom stereocenters. The molecule has 1 heteroatoms. The first kappa shape index (κ1) is 8.28. The third kappa shape index (κ3) is 2.72. The lowest BCUT2D eigenvalue weighted by molar-refractivity contribution is 0.195. The first-order valence-corrected chi connectivity index (χ1v) is 3.92. The molecule has 0 saturated carbocycles. The highest BCUT2D eigenvalue weighted by molar-refractivity contribution is 5.21. The Labute approximate surface area is 67.7 Å². The average molecular weight is 150 g/mol. The smallest absolute Gasteiger partial charge is 0.0552 e. The largest absolute Gasteiger partial charge is 0.393 e. The normalized spacial score (nSPS) is 13.0. The lowest BCUT2D eigenvalue weighted by Gasteiger charge is -2.03. The maximum absolute atomic E-state index is 9.08. The molecule has 1 nitrogen and oxygen atoms in total. The van der Waals surface area contributed by atoms with Crippen LogP contribution < -0.4 is 0 Å². The van der Waals surface area contributed by atoms with Crippen LogP contribution in [-0.4, -0.2) is 11.2 Å². The summed E-state index contributed by atoms with van der Waals surface area (Å²) in [4.78, 5) is 0. The second-order valence-corrected chi connectivity index (χ2v) is 3.04. The number of hydrogen-bond acceptors (Lipinski definition) is 1. The molecule has 1 aromatic rings. The van der Waals surface area contributed by atoms with Crippen LogP contribution in [0.5, 0.6) is 0 Å². The first-order valence-electron chi connectivity index (χ1n) is 3.92. The molecule has 0 aliphatic rings. The molecule has 0 aliphatic carbocycles. The van der Waals surface area contributed by atoms with Crippen molar-refractivity contribution in [3.63, 3.8) is 0 Å². The number of benzene rings is 1. The number of rotatable bonds is 2. The second kappa shape index (κ2) is 3.54. The topological polar surface area (TPSA) is 20.2 Å². The van der Waals surface area contributed by atoms with Crippen molar-refractivity contribution in [3.8, 4) is 0 Å². The summed E-state index contributed by atoms with van der Waals surface area (Å²) in [5.41, 5.74) is 2.46. The van der Waals surface area contributed by atoms with E-state index in [1.165, 1.54) is 11.1 Å². The van der Waals surface area contributed by atoms with Crippen molar-refractivity contribution in [1.29, 1.82) is 0 Å². The standard InChI is InChI=1S/C10H14O/c1-8-3-5-10(6-4-8)7-9(2)11/h3-6,9,11H,7H2,1-2H3/t9-/m0/s1. The van der Waals surface area contributed by atoms with E-state index < -0.39 is 0 Å². The van der Waals surface area contributed by atoms with Crippen LogP contribution in [0.1, 0.15) is 18.1 Å². The molecule has 1 aromatic carbocycles. The molecule has 0 heterocycles. The molecule has 0 unspecified atom stereocenters. The SMILES string of the molecule is Cc1ccc(C[C@H](C)O)cc1. The van der Waals surface area contributed by atoms with Crippen LogP contribution >= 0.6 is 0 Å². The summed E-state index contributed by atoms with van der Waals surface area (Å²) < 4.78 is 0. The fourth-order valence-electron chi connectivity index (χ4n) is 1.07. The lowest BCUT2D eigenvalue weighted by atomic mass is 10.1. The predicted octanol–water partition coefficient (Wildman–Crippen LogP) is 1.92. The van der Waals surface area contributed by atoms with E-state index in [0.717, 1.165) is 6.42 Å². The van der Waals surface area contributed by atoms with E-state index in [-0.39, 0.29) is 6.10 Å². The lowest BCUT2D eigenvalue weighted by Crippen LogP contribution is -2.03. The molecule has 0 aliphatic heterocycles. The van der Waals surface area contributed by atoms with Gasteiger partial charge in [0.2, 0.25) is 0 Å². The van der Waals surface area contributed by atoms with Gasteiger partial charge >= 0.3 is 0 Å². The van der Waals surface area contributed by atoms with E-state index in [4.69, 9.17) is 5.11 Å². The van der Waals surface area contributed by atoms with Crippen LogP contribution in [0.15, 0.2) is 24.3 Å². The third-order valence-electron chi connectivity index (χ3n) is 1.65. The van der Waals surface area contributed by atoms with Gasteiger partial charge in [-0.05, 0) is 25.8 Å². The molecule has 1 N–H and O–H groups in total. The van der Waals surface area contributed by atoms with Crippen molar-refractivity contribution in [1.82, 2.24) is 0 Å². The Balaban J connectivity index is 2.66. The van der Waals surface area contributed by atoms with Crippen LogP contribution in [0.2, 0.25) is 0 Å². The molecule has 0 bridgehead atoms. The summed E-state index contributed by atoms with van der Waals surface area (Å²) in [6.45, 7) is 3.87. The minimum atomic E-state index is -0.238. The number of aliphatic hydroxyl groups is 1. The Morgan fingerprint density at radius 3 is 2.27 bits per heavy atom. The van der Waals surface area contributed by atoms with E-state index >= 15 is 0 Å². The van der Waals surface area contributed by atoms with E-state index in [2.05, 4.69) is 31.2 Å². The zero-order chi connectivity index (χ0) is 8.27. The van der Waals surface area contributed by atoms with Gasteiger partial charge in [0.25, 0.3) is 0 Å². The van der Waals surface area contributed by atoms with Crippen LogP contribution in [0.25, 0.3) is 0 Å². The van der Waals surface area contributed by atoms with E-state index in [1.54, 1.807) is 6.92 Å². The molecule has 0 fully saturated rings. The minimum absolute atomic E-state index is 0.238. The van der Waals surface area contributed by atoms with Crippen molar-refractivity contribution in [2.75, 3.05) is 0 Å². The van der Waals surface area contributed by atoms with Gasteiger partial charge in [-0.2, -0.15) is 0 Å². The highest BCUT2D eigenvalue weighted by Gasteiger charge is 1.96. The minimum Gasteiger partial charge on any atom is -0.393 e. The molecular formula is C10H14O. The number of hydrogen-bond donors (Lipinski definition) is 1. The molecule has 60 valence electrons. The maximum Gasteiger partial charge on any atom is 0.0552 e. The quantitative estimate of drug-likeness (QED) is 0.683. The molecular weight excluding hydrogens is 136 g/mol. The summed E-state index contributed by atoms with van der Waals surface area (Å²) in [5, 5.41) is 9.08. The van der Waals surface area contributed by atoms with Gasteiger partial charge in [-0.1, -0.05) is 29.8 Å². The van der Waals surface area contributed by atoms with E-state index in [9.17, 15) is 0 Å². The zero-order valence-electron chi connectivity index (χ0n) is 7.04. The Morgan fingerprint density at radius 1 is 1.27 bits per heavy atom. The predicted molar refractivity (Wildman–Crippen MR) is 46.6 cm³/mol. The summed E-state index contributed by atoms with van der Waals surface area (Å²) >= 11 is 0. The Morgan fingerprint density at radius 2 is 1.82 bits per heavy atom. The summed E-state index contributed by atoms with van der Waals surface area (Å²) in [7, 11) is 0. The van der Waals surface area contributed by atoms with Gasteiger partial charge in [0.15, 0.2) is 0 Å². The molecule has 0 aromatic heterocycles. The van der Waals surface area contributed by atoms with Gasteiger partial charge in [-0.15, -0.1) is 0 Å². The number of aryl methyl sites for hydroxylation is 1. The molecule has 0 amide bonds. The van der Waals surface area contributed by atoms with Gasteiger partial charge in [-0.25, -0.2) is 0 Å². The van der Waals surface area contributed by atoms with Crippen molar-refractivity contribution >= 4 is 0 Å². The highest BCUT2D eigenvalue weighted by Crippen LogP contribution is 2.05. The van der Waals surface area contributed by atoms with Crippen molar-refractivity contribution in [2.24, 2.45) is 0 Å². The van der Waals surface area contributed by atoms with Crippen molar-refractivity contribution in [2.45, 2.75) is 26.4 Å². The van der Waals surface area contributed by atoms with Gasteiger partial charge in [0.1, 0.15) is 0 Å². The summed E-state index contributed by atoms with van der Waals surface area (Å²) in [6, 6.07) is 8.25. The monoisotopic (exact) mass is 150 g/mol. The molecule has 11 heavy (non-hydrogen) atoms. The van der Waals surface area contributed by atoms with Gasteiger partial charge < -0.3 is 5.11 Å². The van der Waals surface area contributed by atoms with Crippen LogP contribution in [-0.2, 0) is 6.42 Å². The van der Waals surface area contributed by atoms with Gasteiger partial charge in [0, 0.05) is 0 Å². The van der Waals surface area contributed by atoms with Gasteiger partial charge in [0.05, 0.1) is 6.10 Å². The summed E-state index contributed by atoms with van der Waals surface area (Å²) in [6.07, 6.45) is 0.512. The number of aliphatic hydroxyl groups excluding tert-OH is 1. The Hall–Kier alpha value is -0.820. The first-order chi connectivity index (χ1) is 5.18. The molecule has 0 radical (unpaired) electrons. The summed E-state index contributed by atoms with van der Waals surface area (Å²) in [5.74, 6) is 0. The van der Waals surface area contributed by atoms with E-state index in [1.807, 2.05) is 0 Å². The Kier molecular flexibility index (Phi) is 2.66. The molecule has 0 saturated heterocycles. The molecule has 1 rings (SSSR count).